The highest BCUT2D eigenvalue weighted by atomic mass is 16.5. The van der Waals surface area contributed by atoms with E-state index in [1.165, 1.54) is 0 Å². The van der Waals surface area contributed by atoms with E-state index >= 15 is 0 Å². The molecule has 2 aromatic heterocycles. The van der Waals surface area contributed by atoms with Gasteiger partial charge in [0, 0.05) is 18.7 Å². The first-order valence-corrected chi connectivity index (χ1v) is 8.31. The first-order chi connectivity index (χ1) is 11.6. The maximum atomic E-state index is 11.4. The number of carbonyl (C=O) groups is 1. The van der Waals surface area contributed by atoms with Crippen LogP contribution in [0.1, 0.15) is 72.8 Å². The first kappa shape index (κ1) is 16.6. The lowest BCUT2D eigenvalue weighted by Crippen LogP contribution is -2.34. The number of pyridine rings is 1. The van der Waals surface area contributed by atoms with E-state index in [2.05, 4.69) is 20.0 Å². The molecular formula is C17H22N4O3. The molecule has 0 aromatic carbocycles. The molecule has 7 heteroatoms. The number of piperidine rings is 1. The molecule has 0 saturated carbocycles. The van der Waals surface area contributed by atoms with E-state index in [1.54, 1.807) is 18.3 Å². The topological polar surface area (TPSA) is 92.4 Å². The molecular weight excluding hydrogens is 308 g/mol. The van der Waals surface area contributed by atoms with Crippen LogP contribution >= 0.6 is 0 Å². The summed E-state index contributed by atoms with van der Waals surface area (Å²) in [5.74, 6) is 0.589. The normalized spacial score (nSPS) is 18.9. The number of carboxylic acid groups (broad SMARTS) is 1. The third-order valence-corrected chi connectivity index (χ3v) is 4.35. The van der Waals surface area contributed by atoms with Crippen LogP contribution in [0, 0.1) is 0 Å². The van der Waals surface area contributed by atoms with Crippen molar-refractivity contribution >= 4 is 5.97 Å². The van der Waals surface area contributed by atoms with Gasteiger partial charge in [-0.2, -0.15) is 4.98 Å². The van der Waals surface area contributed by atoms with Crippen LogP contribution in [0.4, 0.5) is 0 Å². The molecule has 0 bridgehead atoms. The number of hydrogen-bond acceptors (Lipinski definition) is 6. The van der Waals surface area contributed by atoms with Crippen molar-refractivity contribution in [3.8, 4) is 0 Å². The molecule has 1 aliphatic rings. The molecule has 2 aromatic rings. The molecule has 24 heavy (non-hydrogen) atoms. The number of hydrogen-bond donors (Lipinski definition) is 1. The fraction of sp³-hybridized carbons (Fsp3) is 0.529. The van der Waals surface area contributed by atoms with Crippen molar-refractivity contribution in [3.63, 3.8) is 0 Å². The lowest BCUT2D eigenvalue weighted by Gasteiger charge is -2.33. The quantitative estimate of drug-likeness (QED) is 0.900. The lowest BCUT2D eigenvalue weighted by atomic mass is 10.0. The standard InChI is InChI=1S/C17H22N4O3/c1-11(2)15-19-16(24-20-15)14-7-3-4-9-21(14)10-13-12(17(22)23)6-5-8-18-13/h5-6,8,11,14H,3-4,7,9-10H2,1-2H3,(H,22,23)/t14-/m0/s1. The second-order valence-electron chi connectivity index (χ2n) is 6.43. The largest absolute Gasteiger partial charge is 0.478 e. The van der Waals surface area contributed by atoms with Gasteiger partial charge in [-0.3, -0.25) is 9.88 Å². The zero-order valence-corrected chi connectivity index (χ0v) is 14.0. The van der Waals surface area contributed by atoms with Gasteiger partial charge in [-0.25, -0.2) is 4.79 Å². The Balaban J connectivity index is 1.83. The molecule has 1 atom stereocenters. The van der Waals surface area contributed by atoms with Crippen LogP contribution < -0.4 is 0 Å². The maximum Gasteiger partial charge on any atom is 0.337 e. The van der Waals surface area contributed by atoms with E-state index in [9.17, 15) is 9.90 Å². The molecule has 0 unspecified atom stereocenters. The second-order valence-corrected chi connectivity index (χ2v) is 6.43. The Bertz CT molecular complexity index is 713. The summed E-state index contributed by atoms with van der Waals surface area (Å²) in [5.41, 5.74) is 0.815. The minimum absolute atomic E-state index is 0.0161. The van der Waals surface area contributed by atoms with Gasteiger partial charge in [-0.15, -0.1) is 0 Å². The van der Waals surface area contributed by atoms with Gasteiger partial charge in [-0.05, 0) is 31.5 Å². The predicted octanol–water partition coefficient (Wildman–Crippen LogP) is 3.01. The van der Waals surface area contributed by atoms with Crippen LogP contribution in [-0.4, -0.2) is 37.6 Å². The van der Waals surface area contributed by atoms with E-state index in [1.807, 2.05) is 13.8 Å². The summed E-state index contributed by atoms with van der Waals surface area (Å²) in [5, 5.41) is 13.4. The van der Waals surface area contributed by atoms with Gasteiger partial charge in [0.2, 0.25) is 5.89 Å². The Morgan fingerprint density at radius 2 is 2.29 bits per heavy atom. The van der Waals surface area contributed by atoms with Crippen molar-refractivity contribution in [1.82, 2.24) is 20.0 Å². The van der Waals surface area contributed by atoms with Gasteiger partial charge in [-0.1, -0.05) is 25.4 Å². The zero-order valence-electron chi connectivity index (χ0n) is 14.0. The molecule has 0 radical (unpaired) electrons. The first-order valence-electron chi connectivity index (χ1n) is 8.31. The fourth-order valence-corrected chi connectivity index (χ4v) is 3.03. The van der Waals surface area contributed by atoms with Gasteiger partial charge in [0.15, 0.2) is 5.82 Å². The van der Waals surface area contributed by atoms with Crippen molar-refractivity contribution in [2.45, 2.75) is 51.6 Å². The molecule has 3 rings (SSSR count). The minimum Gasteiger partial charge on any atom is -0.478 e. The van der Waals surface area contributed by atoms with Crippen molar-refractivity contribution in [2.75, 3.05) is 6.54 Å². The summed E-state index contributed by atoms with van der Waals surface area (Å²) in [6.07, 6.45) is 4.71. The molecule has 1 aliphatic heterocycles. The van der Waals surface area contributed by atoms with Crippen molar-refractivity contribution in [2.24, 2.45) is 0 Å². The summed E-state index contributed by atoms with van der Waals surface area (Å²) >= 11 is 0. The molecule has 1 saturated heterocycles. The summed E-state index contributed by atoms with van der Waals surface area (Å²) in [6, 6.07) is 3.25. The Labute approximate surface area is 140 Å². The molecule has 0 spiro atoms. The molecule has 128 valence electrons. The Hall–Kier alpha value is -2.28. The molecule has 0 amide bonds. The third kappa shape index (κ3) is 3.46. The van der Waals surface area contributed by atoms with Crippen LogP contribution in [0.3, 0.4) is 0 Å². The average Bonchev–Trinajstić information content (AvgIpc) is 3.06. The summed E-state index contributed by atoms with van der Waals surface area (Å²) in [4.78, 5) is 22.4. The highest BCUT2D eigenvalue weighted by Crippen LogP contribution is 2.32. The number of likely N-dealkylation sites (tertiary alicyclic amines) is 1. The Morgan fingerprint density at radius 1 is 1.46 bits per heavy atom. The van der Waals surface area contributed by atoms with E-state index in [-0.39, 0.29) is 17.5 Å². The average molecular weight is 330 g/mol. The summed E-state index contributed by atoms with van der Waals surface area (Å²) in [7, 11) is 0. The van der Waals surface area contributed by atoms with Crippen LogP contribution in [-0.2, 0) is 6.54 Å². The fourth-order valence-electron chi connectivity index (χ4n) is 3.03. The van der Waals surface area contributed by atoms with Gasteiger partial charge in [0.25, 0.3) is 0 Å². The van der Waals surface area contributed by atoms with Gasteiger partial charge < -0.3 is 9.63 Å². The van der Waals surface area contributed by atoms with Crippen molar-refractivity contribution in [3.05, 3.63) is 41.3 Å². The molecule has 1 fully saturated rings. The summed E-state index contributed by atoms with van der Waals surface area (Å²) in [6.45, 7) is 5.38. The van der Waals surface area contributed by atoms with Gasteiger partial charge in [0.1, 0.15) is 0 Å². The van der Waals surface area contributed by atoms with E-state index in [0.717, 1.165) is 25.8 Å². The van der Waals surface area contributed by atoms with Crippen LogP contribution in [0.15, 0.2) is 22.9 Å². The molecule has 3 heterocycles. The number of rotatable bonds is 5. The third-order valence-electron chi connectivity index (χ3n) is 4.35. The summed E-state index contributed by atoms with van der Waals surface area (Å²) < 4.78 is 5.47. The van der Waals surface area contributed by atoms with E-state index < -0.39 is 5.97 Å². The SMILES string of the molecule is CC(C)c1noc([C@@H]2CCCCN2Cc2ncccc2C(=O)O)n1. The highest BCUT2D eigenvalue weighted by molar-refractivity contribution is 5.88. The van der Waals surface area contributed by atoms with Gasteiger partial charge >= 0.3 is 5.97 Å². The molecule has 7 nitrogen and oxygen atoms in total. The van der Waals surface area contributed by atoms with Crippen molar-refractivity contribution in [1.29, 1.82) is 0 Å². The maximum absolute atomic E-state index is 11.4. The number of nitrogens with zero attached hydrogens (tertiary/aromatic N) is 4. The van der Waals surface area contributed by atoms with Gasteiger partial charge in [0.05, 0.1) is 17.3 Å². The predicted molar refractivity (Wildman–Crippen MR) is 86.6 cm³/mol. The van der Waals surface area contributed by atoms with Crippen molar-refractivity contribution < 1.29 is 14.4 Å². The van der Waals surface area contributed by atoms with E-state index in [0.29, 0.717) is 24.0 Å². The molecule has 1 N–H and O–H groups in total. The number of aromatic nitrogens is 3. The Kier molecular flexibility index (Phi) is 4.89. The second kappa shape index (κ2) is 7.09. The number of aromatic carboxylic acids is 1. The lowest BCUT2D eigenvalue weighted by molar-refractivity contribution is 0.0689. The van der Waals surface area contributed by atoms with E-state index in [4.69, 9.17) is 4.52 Å². The minimum atomic E-state index is -0.952. The van der Waals surface area contributed by atoms with Crippen LogP contribution in [0.25, 0.3) is 0 Å². The Morgan fingerprint density at radius 3 is 3.00 bits per heavy atom. The zero-order chi connectivity index (χ0) is 17.1. The van der Waals surface area contributed by atoms with Crippen LogP contribution in [0.2, 0.25) is 0 Å². The monoisotopic (exact) mass is 330 g/mol. The smallest absolute Gasteiger partial charge is 0.337 e. The van der Waals surface area contributed by atoms with Crippen LogP contribution in [0.5, 0.6) is 0 Å². The number of carboxylic acids is 1. The molecule has 0 aliphatic carbocycles. The highest BCUT2D eigenvalue weighted by Gasteiger charge is 2.30.